The molecule has 4 N–H and O–H groups in total. The Hall–Kier alpha value is -1.96. The minimum Gasteiger partial charge on any atom is -0.402 e. The smallest absolute Gasteiger partial charge is 0.0344 e. The van der Waals surface area contributed by atoms with Crippen molar-refractivity contribution >= 4 is 11.3 Å². The molecule has 19 heavy (non-hydrogen) atoms. The SMILES string of the molecule is CC(C)=C1C(c2ccc(N)c(C)c2)=CC=C(N)C1C. The van der Waals surface area contributed by atoms with Gasteiger partial charge in [0.25, 0.3) is 0 Å². The molecule has 2 rings (SSSR count). The van der Waals surface area contributed by atoms with E-state index in [1.54, 1.807) is 0 Å². The topological polar surface area (TPSA) is 52.0 Å². The van der Waals surface area contributed by atoms with Gasteiger partial charge in [0.15, 0.2) is 0 Å². The lowest BCUT2D eigenvalue weighted by atomic mass is 9.81. The van der Waals surface area contributed by atoms with Gasteiger partial charge in [-0.25, -0.2) is 0 Å². The van der Waals surface area contributed by atoms with Crippen molar-refractivity contribution in [1.29, 1.82) is 0 Å². The summed E-state index contributed by atoms with van der Waals surface area (Å²) in [6.07, 6.45) is 4.13. The van der Waals surface area contributed by atoms with E-state index >= 15 is 0 Å². The fourth-order valence-corrected chi connectivity index (χ4v) is 2.61. The molecule has 0 aromatic heterocycles. The van der Waals surface area contributed by atoms with Crippen LogP contribution in [0, 0.1) is 12.8 Å². The van der Waals surface area contributed by atoms with Crippen molar-refractivity contribution in [2.75, 3.05) is 5.73 Å². The van der Waals surface area contributed by atoms with Gasteiger partial charge in [-0.05, 0) is 61.3 Å². The molecule has 1 unspecified atom stereocenters. The Bertz CT molecular complexity index is 600. The van der Waals surface area contributed by atoms with Crippen molar-refractivity contribution in [3.05, 3.63) is 58.3 Å². The van der Waals surface area contributed by atoms with E-state index in [1.165, 1.54) is 22.3 Å². The average Bonchev–Trinajstić information content (AvgIpc) is 2.35. The first-order valence-corrected chi connectivity index (χ1v) is 6.63. The number of rotatable bonds is 1. The standard InChI is InChI=1S/C17H22N2/c1-10(2)17-12(4)16(19)8-6-14(17)13-5-7-15(18)11(3)9-13/h5-9,12H,18-19H2,1-4H3. The first-order chi connectivity index (χ1) is 8.91. The Morgan fingerprint density at radius 3 is 2.37 bits per heavy atom. The fourth-order valence-electron chi connectivity index (χ4n) is 2.61. The zero-order chi connectivity index (χ0) is 14.2. The summed E-state index contributed by atoms with van der Waals surface area (Å²) in [5.41, 5.74) is 19.9. The highest BCUT2D eigenvalue weighted by Crippen LogP contribution is 2.37. The predicted molar refractivity (Wildman–Crippen MR) is 83.4 cm³/mol. The van der Waals surface area contributed by atoms with Gasteiger partial charge in [-0.3, -0.25) is 0 Å². The quantitative estimate of drug-likeness (QED) is 0.749. The van der Waals surface area contributed by atoms with Gasteiger partial charge >= 0.3 is 0 Å². The fraction of sp³-hybridized carbons (Fsp3) is 0.294. The van der Waals surface area contributed by atoms with Crippen LogP contribution in [0.25, 0.3) is 5.57 Å². The molecule has 1 aromatic carbocycles. The normalized spacial score (nSPS) is 18.9. The van der Waals surface area contributed by atoms with Gasteiger partial charge in [0.05, 0.1) is 0 Å². The summed E-state index contributed by atoms with van der Waals surface area (Å²) >= 11 is 0. The second-order valence-corrected chi connectivity index (χ2v) is 5.45. The van der Waals surface area contributed by atoms with Crippen molar-refractivity contribution in [3.63, 3.8) is 0 Å². The molecule has 0 saturated carbocycles. The summed E-state index contributed by atoms with van der Waals surface area (Å²) in [4.78, 5) is 0. The van der Waals surface area contributed by atoms with E-state index < -0.39 is 0 Å². The van der Waals surface area contributed by atoms with E-state index in [9.17, 15) is 0 Å². The molecule has 2 nitrogen and oxygen atoms in total. The average molecular weight is 254 g/mol. The number of hydrogen-bond donors (Lipinski definition) is 2. The monoisotopic (exact) mass is 254 g/mol. The number of benzene rings is 1. The van der Waals surface area contributed by atoms with Crippen LogP contribution in [0.2, 0.25) is 0 Å². The van der Waals surface area contributed by atoms with Crippen molar-refractivity contribution in [2.24, 2.45) is 11.7 Å². The summed E-state index contributed by atoms with van der Waals surface area (Å²) in [5, 5.41) is 0. The first kappa shape index (κ1) is 13.5. The number of nitrogen functional groups attached to an aromatic ring is 1. The predicted octanol–water partition coefficient (Wildman–Crippen LogP) is 3.79. The molecule has 100 valence electrons. The Labute approximate surface area is 115 Å². The van der Waals surface area contributed by atoms with Crippen LogP contribution >= 0.6 is 0 Å². The lowest BCUT2D eigenvalue weighted by Crippen LogP contribution is -2.16. The third kappa shape index (κ3) is 2.43. The molecule has 0 heterocycles. The van der Waals surface area contributed by atoms with Crippen molar-refractivity contribution in [3.8, 4) is 0 Å². The molecular weight excluding hydrogens is 232 g/mol. The van der Waals surface area contributed by atoms with E-state index in [0.29, 0.717) is 0 Å². The molecule has 0 saturated heterocycles. The van der Waals surface area contributed by atoms with Crippen molar-refractivity contribution in [2.45, 2.75) is 27.7 Å². The number of hydrogen-bond acceptors (Lipinski definition) is 2. The summed E-state index contributed by atoms with van der Waals surface area (Å²) in [7, 11) is 0. The van der Waals surface area contributed by atoms with Crippen molar-refractivity contribution in [1.82, 2.24) is 0 Å². The third-order valence-electron chi connectivity index (χ3n) is 3.79. The number of allylic oxidation sites excluding steroid dienone is 5. The van der Waals surface area contributed by atoms with E-state index in [4.69, 9.17) is 11.5 Å². The maximum absolute atomic E-state index is 6.06. The van der Waals surface area contributed by atoms with Gasteiger partial charge < -0.3 is 11.5 Å². The van der Waals surface area contributed by atoms with Crippen LogP contribution in [0.3, 0.4) is 0 Å². The van der Waals surface area contributed by atoms with E-state index in [1.807, 2.05) is 19.1 Å². The third-order valence-corrected chi connectivity index (χ3v) is 3.79. The van der Waals surface area contributed by atoms with Gasteiger partial charge in [-0.2, -0.15) is 0 Å². The lowest BCUT2D eigenvalue weighted by Gasteiger charge is -2.25. The molecule has 1 aliphatic carbocycles. The van der Waals surface area contributed by atoms with Gasteiger partial charge in [-0.15, -0.1) is 0 Å². The number of nitrogens with two attached hydrogens (primary N) is 2. The summed E-state index contributed by atoms with van der Waals surface area (Å²) in [6.45, 7) is 8.48. The number of aryl methyl sites for hydroxylation is 1. The zero-order valence-electron chi connectivity index (χ0n) is 12.1. The molecule has 0 aliphatic heterocycles. The molecule has 1 atom stereocenters. The van der Waals surface area contributed by atoms with Crippen LogP contribution < -0.4 is 11.5 Å². The van der Waals surface area contributed by atoms with Crippen LogP contribution in [0.1, 0.15) is 31.9 Å². The minimum absolute atomic E-state index is 0.267. The van der Waals surface area contributed by atoms with Gasteiger partial charge in [0, 0.05) is 17.3 Å². The van der Waals surface area contributed by atoms with E-state index in [0.717, 1.165) is 16.9 Å². The molecule has 1 aromatic rings. The first-order valence-electron chi connectivity index (χ1n) is 6.63. The summed E-state index contributed by atoms with van der Waals surface area (Å²) < 4.78 is 0. The highest BCUT2D eigenvalue weighted by molar-refractivity contribution is 5.84. The van der Waals surface area contributed by atoms with Crippen LogP contribution in [0.5, 0.6) is 0 Å². The summed E-state index contributed by atoms with van der Waals surface area (Å²) in [6, 6.07) is 6.20. The Kier molecular flexibility index (Phi) is 3.52. The van der Waals surface area contributed by atoms with Crippen LogP contribution in [0.4, 0.5) is 5.69 Å². The molecule has 0 radical (unpaired) electrons. The van der Waals surface area contributed by atoms with Gasteiger partial charge in [-0.1, -0.05) is 24.6 Å². The lowest BCUT2D eigenvalue weighted by molar-refractivity contribution is 0.795. The molecular formula is C17H22N2. The Morgan fingerprint density at radius 2 is 1.79 bits per heavy atom. The van der Waals surface area contributed by atoms with Gasteiger partial charge in [0.2, 0.25) is 0 Å². The highest BCUT2D eigenvalue weighted by atomic mass is 14.6. The van der Waals surface area contributed by atoms with Crippen molar-refractivity contribution < 1.29 is 0 Å². The second-order valence-electron chi connectivity index (χ2n) is 5.45. The maximum atomic E-state index is 6.06. The second kappa shape index (κ2) is 4.96. The zero-order valence-corrected chi connectivity index (χ0v) is 12.1. The molecule has 0 amide bonds. The van der Waals surface area contributed by atoms with Crippen LogP contribution in [-0.2, 0) is 0 Å². The minimum atomic E-state index is 0.267. The highest BCUT2D eigenvalue weighted by Gasteiger charge is 2.21. The largest absolute Gasteiger partial charge is 0.402 e. The van der Waals surface area contributed by atoms with E-state index in [-0.39, 0.29) is 5.92 Å². The molecule has 0 spiro atoms. The van der Waals surface area contributed by atoms with Crippen LogP contribution in [0.15, 0.2) is 47.2 Å². The maximum Gasteiger partial charge on any atom is 0.0344 e. The van der Waals surface area contributed by atoms with Gasteiger partial charge in [0.1, 0.15) is 0 Å². The molecule has 1 aliphatic rings. The number of anilines is 1. The van der Waals surface area contributed by atoms with E-state index in [2.05, 4.69) is 39.0 Å². The Balaban J connectivity index is 2.59. The molecule has 2 heteroatoms. The molecule has 0 bridgehead atoms. The van der Waals surface area contributed by atoms with Crippen LogP contribution in [-0.4, -0.2) is 0 Å². The summed E-state index contributed by atoms with van der Waals surface area (Å²) in [5.74, 6) is 0.267. The molecule has 0 fully saturated rings. The Morgan fingerprint density at radius 1 is 1.11 bits per heavy atom.